The molecule has 0 aromatic heterocycles. The van der Waals surface area contributed by atoms with E-state index in [1.165, 1.54) is 82.1 Å². The quantitative estimate of drug-likeness (QED) is 0.123. The first-order valence-electron chi connectivity index (χ1n) is 13.7. The van der Waals surface area contributed by atoms with Crippen LogP contribution in [0.3, 0.4) is 0 Å². The molecule has 38 heavy (non-hydrogen) atoms. The predicted octanol–water partition coefficient (Wildman–Crippen LogP) is 7.21. The summed E-state index contributed by atoms with van der Waals surface area (Å²) in [5.41, 5.74) is 0.671. The first kappa shape index (κ1) is 31.9. The highest BCUT2D eigenvalue weighted by atomic mass is 35.5. The maximum atomic E-state index is 13.0. The van der Waals surface area contributed by atoms with Crippen molar-refractivity contribution < 1.29 is 23.1 Å². The van der Waals surface area contributed by atoms with Gasteiger partial charge in [0.25, 0.3) is 15.9 Å². The van der Waals surface area contributed by atoms with Crippen LogP contribution in [0.2, 0.25) is 5.02 Å². The molecule has 9 heteroatoms. The zero-order valence-corrected chi connectivity index (χ0v) is 24.3. The number of rotatable bonds is 19. The Hall–Kier alpha value is -2.29. The number of carbonyl (C=O) groups is 1. The zero-order valence-electron chi connectivity index (χ0n) is 22.7. The topological polar surface area (TPSA) is 105 Å². The average Bonchev–Trinajstić information content (AvgIpc) is 2.89. The molecule has 2 rings (SSSR count). The first-order valence-corrected chi connectivity index (χ1v) is 15.6. The van der Waals surface area contributed by atoms with Crippen LogP contribution in [0.25, 0.3) is 0 Å². The number of carbonyl (C=O) groups excluding carboxylic acids is 1. The fourth-order valence-corrected chi connectivity index (χ4v) is 5.67. The van der Waals surface area contributed by atoms with Gasteiger partial charge in [-0.1, -0.05) is 88.4 Å². The summed E-state index contributed by atoms with van der Waals surface area (Å²) in [6, 6.07) is 8.81. The Bertz CT molecular complexity index is 1080. The summed E-state index contributed by atoms with van der Waals surface area (Å²) in [5, 5.41) is 12.6. The molecule has 0 saturated carbocycles. The summed E-state index contributed by atoms with van der Waals surface area (Å²) in [5.74, 6) is -0.581. The van der Waals surface area contributed by atoms with E-state index in [0.717, 1.165) is 13.0 Å². The lowest BCUT2D eigenvalue weighted by atomic mass is 10.1. The van der Waals surface area contributed by atoms with Crippen molar-refractivity contribution in [1.29, 1.82) is 0 Å². The van der Waals surface area contributed by atoms with Gasteiger partial charge in [0.15, 0.2) is 0 Å². The number of amides is 1. The third-order valence-corrected chi connectivity index (χ3v) is 8.05. The standard InChI is InChI=1S/C29H43ClN2O5S/c1-3-4-5-6-7-8-9-10-11-14-19-37-20-15-18-31-29(34)25-16-12-13-17-27(25)38(35,36)32-24-21-23(2)28(33)26(30)22-24/h12-13,16-17,21-22,32-33H,3-11,14-15,18-20H2,1-2H3,(H,31,34). The lowest BCUT2D eigenvalue weighted by molar-refractivity contribution is 0.0936. The van der Waals surface area contributed by atoms with E-state index in [1.807, 2.05) is 0 Å². The van der Waals surface area contributed by atoms with Gasteiger partial charge in [0.2, 0.25) is 0 Å². The van der Waals surface area contributed by atoms with Crippen molar-refractivity contribution in [3.8, 4) is 5.75 Å². The van der Waals surface area contributed by atoms with Gasteiger partial charge in [-0.25, -0.2) is 8.42 Å². The van der Waals surface area contributed by atoms with Crippen molar-refractivity contribution in [3.63, 3.8) is 0 Å². The molecule has 2 aromatic rings. The largest absolute Gasteiger partial charge is 0.506 e. The molecule has 0 atom stereocenters. The smallest absolute Gasteiger partial charge is 0.262 e. The number of aromatic hydroxyl groups is 1. The molecule has 2 aromatic carbocycles. The molecular formula is C29H43ClN2O5S. The third kappa shape index (κ3) is 11.2. The van der Waals surface area contributed by atoms with Crippen LogP contribution >= 0.6 is 11.6 Å². The predicted molar refractivity (Wildman–Crippen MR) is 155 cm³/mol. The minimum atomic E-state index is -4.07. The maximum absolute atomic E-state index is 13.0. The van der Waals surface area contributed by atoms with E-state index in [9.17, 15) is 18.3 Å². The summed E-state index contributed by atoms with van der Waals surface area (Å²) in [6.45, 7) is 5.50. The molecule has 7 nitrogen and oxygen atoms in total. The molecule has 0 fully saturated rings. The molecule has 0 aliphatic rings. The summed E-state index contributed by atoms with van der Waals surface area (Å²) >= 11 is 5.97. The molecule has 0 saturated heterocycles. The highest BCUT2D eigenvalue weighted by Crippen LogP contribution is 2.31. The second-order valence-electron chi connectivity index (χ2n) is 9.63. The van der Waals surface area contributed by atoms with Crippen molar-refractivity contribution in [2.24, 2.45) is 0 Å². The van der Waals surface area contributed by atoms with Crippen LogP contribution in [-0.4, -0.2) is 39.2 Å². The van der Waals surface area contributed by atoms with E-state index >= 15 is 0 Å². The van der Waals surface area contributed by atoms with E-state index in [2.05, 4.69) is 17.0 Å². The van der Waals surface area contributed by atoms with Crippen molar-refractivity contribution in [2.75, 3.05) is 24.5 Å². The number of hydrogen-bond acceptors (Lipinski definition) is 5. The molecule has 3 N–H and O–H groups in total. The van der Waals surface area contributed by atoms with Gasteiger partial charge in [-0.2, -0.15) is 0 Å². The molecule has 0 aliphatic heterocycles. The van der Waals surface area contributed by atoms with Gasteiger partial charge >= 0.3 is 0 Å². The van der Waals surface area contributed by atoms with Crippen LogP contribution in [0.4, 0.5) is 5.69 Å². The molecule has 0 spiro atoms. The molecule has 212 valence electrons. The fraction of sp³-hybridized carbons (Fsp3) is 0.552. The van der Waals surface area contributed by atoms with E-state index in [1.54, 1.807) is 19.1 Å². The van der Waals surface area contributed by atoms with Gasteiger partial charge in [0.05, 0.1) is 16.3 Å². The zero-order chi connectivity index (χ0) is 27.8. The van der Waals surface area contributed by atoms with Crippen molar-refractivity contribution in [3.05, 3.63) is 52.5 Å². The SMILES string of the molecule is CCCCCCCCCCCCOCCCNC(=O)c1ccccc1S(=O)(=O)Nc1cc(C)c(O)c(Cl)c1. The monoisotopic (exact) mass is 566 g/mol. The van der Waals surface area contributed by atoms with E-state index in [-0.39, 0.29) is 26.9 Å². The van der Waals surface area contributed by atoms with Crippen LogP contribution in [-0.2, 0) is 14.8 Å². The number of anilines is 1. The number of hydrogen-bond donors (Lipinski definition) is 3. The fourth-order valence-electron chi connectivity index (χ4n) is 4.16. The number of phenols is 1. The van der Waals surface area contributed by atoms with Crippen LogP contribution in [0.15, 0.2) is 41.3 Å². The number of sulfonamides is 1. The third-order valence-electron chi connectivity index (χ3n) is 6.32. The normalized spacial score (nSPS) is 11.4. The molecule has 1 amide bonds. The Morgan fingerprint density at radius 3 is 2.18 bits per heavy atom. The highest BCUT2D eigenvalue weighted by Gasteiger charge is 2.22. The van der Waals surface area contributed by atoms with Gasteiger partial charge < -0.3 is 15.2 Å². The summed E-state index contributed by atoms with van der Waals surface area (Å²) in [6.07, 6.45) is 13.5. The van der Waals surface area contributed by atoms with E-state index in [4.69, 9.17) is 16.3 Å². The Morgan fingerprint density at radius 1 is 0.921 bits per heavy atom. The number of aryl methyl sites for hydroxylation is 1. The maximum Gasteiger partial charge on any atom is 0.262 e. The number of nitrogens with one attached hydrogen (secondary N) is 2. The van der Waals surface area contributed by atoms with Gasteiger partial charge in [-0.3, -0.25) is 9.52 Å². The van der Waals surface area contributed by atoms with E-state index < -0.39 is 15.9 Å². The van der Waals surface area contributed by atoms with Crippen molar-refractivity contribution >= 4 is 33.2 Å². The van der Waals surface area contributed by atoms with Crippen molar-refractivity contribution in [1.82, 2.24) is 5.32 Å². The molecule has 0 unspecified atom stereocenters. The van der Waals surface area contributed by atoms with Gasteiger partial charge in [0, 0.05) is 19.8 Å². The molecule has 0 radical (unpaired) electrons. The van der Waals surface area contributed by atoms with E-state index in [0.29, 0.717) is 25.1 Å². The number of phenolic OH excluding ortho intramolecular Hbond substituents is 1. The minimum absolute atomic E-state index is 0.0316. The minimum Gasteiger partial charge on any atom is -0.506 e. The number of benzene rings is 2. The molecule has 0 bridgehead atoms. The summed E-state index contributed by atoms with van der Waals surface area (Å²) in [4.78, 5) is 12.6. The first-order chi connectivity index (χ1) is 18.3. The van der Waals surface area contributed by atoms with Crippen LogP contribution in [0.1, 0.15) is 93.5 Å². The second-order valence-corrected chi connectivity index (χ2v) is 11.7. The van der Waals surface area contributed by atoms with Crippen LogP contribution in [0, 0.1) is 6.92 Å². The average molecular weight is 567 g/mol. The van der Waals surface area contributed by atoms with Crippen molar-refractivity contribution in [2.45, 2.75) is 89.4 Å². The summed E-state index contributed by atoms with van der Waals surface area (Å²) in [7, 11) is -4.07. The molecular weight excluding hydrogens is 524 g/mol. The lowest BCUT2D eigenvalue weighted by Crippen LogP contribution is -2.28. The van der Waals surface area contributed by atoms with Gasteiger partial charge in [-0.05, 0) is 49.6 Å². The molecule has 0 heterocycles. The van der Waals surface area contributed by atoms with Crippen LogP contribution in [0.5, 0.6) is 5.75 Å². The second kappa shape index (κ2) is 17.3. The lowest BCUT2D eigenvalue weighted by Gasteiger charge is -2.14. The molecule has 0 aliphatic carbocycles. The highest BCUT2D eigenvalue weighted by molar-refractivity contribution is 7.92. The number of unbranched alkanes of at least 4 members (excludes halogenated alkanes) is 9. The number of halogens is 1. The Morgan fingerprint density at radius 2 is 1.53 bits per heavy atom. The number of ether oxygens (including phenoxy) is 1. The Labute approximate surface area is 233 Å². The summed E-state index contributed by atoms with van der Waals surface area (Å²) < 4.78 is 34.2. The Balaban J connectivity index is 1.69. The van der Waals surface area contributed by atoms with Gasteiger partial charge in [0.1, 0.15) is 10.6 Å². The van der Waals surface area contributed by atoms with Gasteiger partial charge in [-0.15, -0.1) is 0 Å². The Kier molecular flexibility index (Phi) is 14.6. The van der Waals surface area contributed by atoms with Crippen LogP contribution < -0.4 is 10.0 Å².